The molecule has 0 heterocycles. The van der Waals surface area contributed by atoms with Crippen LogP contribution in [-0.4, -0.2) is 22.4 Å². The smallest absolute Gasteiger partial charge is 0.338 e. The fourth-order valence-corrected chi connectivity index (χ4v) is 3.36. The van der Waals surface area contributed by atoms with Crippen molar-refractivity contribution in [1.29, 1.82) is 0 Å². The van der Waals surface area contributed by atoms with Crippen LogP contribution in [0.15, 0.2) is 12.1 Å². The van der Waals surface area contributed by atoms with Crippen LogP contribution in [0.5, 0.6) is 0 Å². The summed E-state index contributed by atoms with van der Waals surface area (Å²) in [4.78, 5) is 11.5. The molecular weight excluding hydrogens is 537 g/mol. The van der Waals surface area contributed by atoms with Crippen LogP contribution in [0, 0.1) is 10.7 Å². The van der Waals surface area contributed by atoms with Crippen molar-refractivity contribution in [3.8, 4) is 0 Å². The van der Waals surface area contributed by atoms with Crippen molar-refractivity contribution < 1.29 is 9.53 Å². The standard InChI is InChI=1S/C8H4I3O2Si/c9-4-1-5(8(12)13-3-14)7(11)6(10)2-4/h1-2H,3H2. The van der Waals surface area contributed by atoms with E-state index in [2.05, 4.69) is 78.0 Å². The molecule has 3 radical (unpaired) electrons. The van der Waals surface area contributed by atoms with Crippen LogP contribution in [0.25, 0.3) is 0 Å². The zero-order valence-corrected chi connectivity index (χ0v) is 14.3. The van der Waals surface area contributed by atoms with Gasteiger partial charge in [0.1, 0.15) is 0 Å². The van der Waals surface area contributed by atoms with E-state index in [1.54, 1.807) is 0 Å². The summed E-state index contributed by atoms with van der Waals surface area (Å²) in [5.41, 5.74) is 0.625. The number of benzene rings is 1. The minimum absolute atomic E-state index is 0.219. The average Bonchev–Trinajstić information content (AvgIpc) is 2.11. The predicted octanol–water partition coefficient (Wildman–Crippen LogP) is 2.78. The van der Waals surface area contributed by atoms with Gasteiger partial charge in [0.2, 0.25) is 0 Å². The number of hydrogen-bond donors (Lipinski definition) is 0. The molecule has 14 heavy (non-hydrogen) atoms. The molecule has 0 atom stereocenters. The van der Waals surface area contributed by atoms with Gasteiger partial charge in [0.15, 0.2) is 0 Å². The monoisotopic (exact) mass is 541 g/mol. The quantitative estimate of drug-likeness (QED) is 0.250. The lowest BCUT2D eigenvalue weighted by Gasteiger charge is -2.06. The van der Waals surface area contributed by atoms with E-state index >= 15 is 0 Å². The Morgan fingerprint density at radius 2 is 2.00 bits per heavy atom. The zero-order chi connectivity index (χ0) is 10.7. The lowest BCUT2D eigenvalue weighted by molar-refractivity contribution is 0.0572. The molecule has 1 rings (SSSR count). The second-order valence-electron chi connectivity index (χ2n) is 2.33. The van der Waals surface area contributed by atoms with Crippen LogP contribution >= 0.6 is 67.8 Å². The number of esters is 1. The third kappa shape index (κ3) is 3.30. The van der Waals surface area contributed by atoms with Gasteiger partial charge in [-0.3, -0.25) is 0 Å². The molecule has 0 N–H and O–H groups in total. The molecule has 0 saturated heterocycles. The van der Waals surface area contributed by atoms with Crippen LogP contribution in [-0.2, 0) is 4.74 Å². The first-order valence-corrected chi connectivity index (χ1v) is 7.47. The van der Waals surface area contributed by atoms with Crippen LogP contribution < -0.4 is 0 Å². The van der Waals surface area contributed by atoms with Gasteiger partial charge in [-0.2, -0.15) is 0 Å². The number of hydrogen-bond acceptors (Lipinski definition) is 2. The van der Waals surface area contributed by atoms with Crippen molar-refractivity contribution >= 4 is 84.0 Å². The van der Waals surface area contributed by atoms with E-state index in [1.807, 2.05) is 12.1 Å². The zero-order valence-electron chi connectivity index (χ0n) is 6.81. The number of rotatable bonds is 2. The highest BCUT2D eigenvalue weighted by molar-refractivity contribution is 14.1. The highest BCUT2D eigenvalue weighted by Crippen LogP contribution is 2.23. The summed E-state index contributed by atoms with van der Waals surface area (Å²) in [6.45, 7) is 0. The lowest BCUT2D eigenvalue weighted by Crippen LogP contribution is -2.09. The molecule has 0 aliphatic carbocycles. The second kappa shape index (κ2) is 5.99. The van der Waals surface area contributed by atoms with Crippen molar-refractivity contribution in [2.24, 2.45) is 0 Å². The lowest BCUT2D eigenvalue weighted by atomic mass is 10.2. The summed E-state index contributed by atoms with van der Waals surface area (Å²) in [7, 11) is 3.11. The predicted molar refractivity (Wildman–Crippen MR) is 80.6 cm³/mol. The molecule has 2 nitrogen and oxygen atoms in total. The molecule has 1 aromatic rings. The molecule has 0 aromatic heterocycles. The molecule has 0 bridgehead atoms. The van der Waals surface area contributed by atoms with Gasteiger partial charge in [0.25, 0.3) is 0 Å². The summed E-state index contributed by atoms with van der Waals surface area (Å²) < 4.78 is 7.92. The summed E-state index contributed by atoms with van der Waals surface area (Å²) >= 11 is 6.54. The van der Waals surface area contributed by atoms with E-state index in [0.29, 0.717) is 5.56 Å². The van der Waals surface area contributed by atoms with Gasteiger partial charge < -0.3 is 4.74 Å². The van der Waals surface area contributed by atoms with Crippen LogP contribution in [0.1, 0.15) is 10.4 Å². The van der Waals surface area contributed by atoms with Gasteiger partial charge in [-0.25, -0.2) is 4.79 Å². The first-order chi connectivity index (χ1) is 6.56. The Labute approximate surface area is 126 Å². The molecule has 0 fully saturated rings. The normalized spacial score (nSPS) is 10.0. The third-order valence-electron chi connectivity index (χ3n) is 1.42. The summed E-state index contributed by atoms with van der Waals surface area (Å²) in [5.74, 6) is -0.291. The Kier molecular flexibility index (Phi) is 5.63. The molecule has 1 aromatic carbocycles. The SMILES string of the molecule is O=C(OC[Si])c1cc(I)cc(I)c1I. The van der Waals surface area contributed by atoms with Crippen LogP contribution in [0.4, 0.5) is 0 Å². The van der Waals surface area contributed by atoms with Gasteiger partial charge >= 0.3 is 5.97 Å². The largest absolute Gasteiger partial charge is 0.467 e. The summed E-state index contributed by atoms with van der Waals surface area (Å²) in [6.07, 6.45) is 0.219. The Morgan fingerprint density at radius 1 is 1.36 bits per heavy atom. The molecular formula is C8H4I3O2Si. The number of halogens is 3. The number of carbonyl (C=O) groups excluding carboxylic acids is 1. The first-order valence-electron chi connectivity index (χ1n) is 3.52. The maximum atomic E-state index is 11.5. The second-order valence-corrected chi connectivity index (χ2v) is 6.10. The fourth-order valence-electron chi connectivity index (χ4n) is 0.848. The maximum absolute atomic E-state index is 11.5. The Hall–Kier alpha value is 1.10. The number of carbonyl (C=O) groups is 1. The van der Waals surface area contributed by atoms with E-state index in [-0.39, 0.29) is 12.2 Å². The van der Waals surface area contributed by atoms with Crippen molar-refractivity contribution in [2.75, 3.05) is 6.23 Å². The summed E-state index contributed by atoms with van der Waals surface area (Å²) in [5, 5.41) is 0. The first kappa shape index (κ1) is 13.2. The Morgan fingerprint density at radius 3 is 2.57 bits per heavy atom. The molecule has 0 unspecified atom stereocenters. The molecule has 0 saturated carbocycles. The van der Waals surface area contributed by atoms with E-state index < -0.39 is 0 Å². The highest BCUT2D eigenvalue weighted by Gasteiger charge is 2.14. The van der Waals surface area contributed by atoms with Gasteiger partial charge in [0, 0.05) is 10.7 Å². The molecule has 6 heteroatoms. The van der Waals surface area contributed by atoms with Gasteiger partial charge in [-0.15, -0.1) is 0 Å². The average molecular weight is 541 g/mol. The number of ether oxygens (including phenoxy) is 1. The summed E-state index contributed by atoms with van der Waals surface area (Å²) in [6, 6.07) is 3.85. The van der Waals surface area contributed by atoms with Crippen molar-refractivity contribution in [2.45, 2.75) is 0 Å². The topological polar surface area (TPSA) is 26.3 Å². The molecule has 0 aliphatic heterocycles. The fraction of sp³-hybridized carbons (Fsp3) is 0.125. The van der Waals surface area contributed by atoms with E-state index in [9.17, 15) is 4.79 Å². The Balaban J connectivity index is 3.13. The van der Waals surface area contributed by atoms with Gasteiger partial charge in [-0.1, -0.05) is 0 Å². The molecule has 73 valence electrons. The van der Waals surface area contributed by atoms with Gasteiger partial charge in [0.05, 0.1) is 22.0 Å². The minimum Gasteiger partial charge on any atom is -0.467 e. The van der Waals surface area contributed by atoms with Crippen molar-refractivity contribution in [1.82, 2.24) is 0 Å². The van der Waals surface area contributed by atoms with Crippen molar-refractivity contribution in [3.05, 3.63) is 28.4 Å². The Bertz CT molecular complexity index is 368. The molecule has 0 spiro atoms. The highest BCUT2D eigenvalue weighted by atomic mass is 127. The van der Waals surface area contributed by atoms with E-state index in [4.69, 9.17) is 4.74 Å². The molecule has 0 amide bonds. The van der Waals surface area contributed by atoms with E-state index in [0.717, 1.165) is 10.7 Å². The van der Waals surface area contributed by atoms with Gasteiger partial charge in [-0.05, 0) is 79.9 Å². The molecule has 0 aliphatic rings. The van der Waals surface area contributed by atoms with Crippen LogP contribution in [0.3, 0.4) is 0 Å². The maximum Gasteiger partial charge on any atom is 0.338 e. The minimum atomic E-state index is -0.291. The van der Waals surface area contributed by atoms with E-state index in [1.165, 1.54) is 0 Å². The third-order valence-corrected chi connectivity index (χ3v) is 5.23. The van der Waals surface area contributed by atoms with Crippen molar-refractivity contribution in [3.63, 3.8) is 0 Å². The van der Waals surface area contributed by atoms with Crippen LogP contribution in [0.2, 0.25) is 0 Å².